The fourth-order valence-electron chi connectivity index (χ4n) is 4.39. The summed E-state index contributed by atoms with van der Waals surface area (Å²) in [5.74, 6) is 1.74. The monoisotopic (exact) mass is 374 g/mol. The molecule has 1 fully saturated rings. The molecule has 1 saturated carbocycles. The van der Waals surface area contributed by atoms with E-state index in [0.29, 0.717) is 11.5 Å². The van der Waals surface area contributed by atoms with Gasteiger partial charge in [0.15, 0.2) is 5.82 Å². The Morgan fingerprint density at radius 1 is 0.893 bits per heavy atom. The van der Waals surface area contributed by atoms with Crippen LogP contribution in [0.5, 0.6) is 0 Å². The number of anilines is 1. The van der Waals surface area contributed by atoms with E-state index in [9.17, 15) is 0 Å². The molecule has 4 nitrogen and oxygen atoms in total. The molecule has 2 heterocycles. The summed E-state index contributed by atoms with van der Waals surface area (Å²) in [5.41, 5.74) is 2.63. The van der Waals surface area contributed by atoms with Gasteiger partial charge >= 0.3 is 0 Å². The summed E-state index contributed by atoms with van der Waals surface area (Å²) in [7, 11) is 0. The van der Waals surface area contributed by atoms with Crippen molar-refractivity contribution in [2.24, 2.45) is 11.3 Å². The van der Waals surface area contributed by atoms with Gasteiger partial charge in [-0.15, -0.1) is 5.10 Å². The van der Waals surface area contributed by atoms with Crippen LogP contribution in [0.15, 0.2) is 48.8 Å². The Hall–Kier alpha value is -2.49. The van der Waals surface area contributed by atoms with Gasteiger partial charge in [-0.2, -0.15) is 5.10 Å². The van der Waals surface area contributed by atoms with Crippen molar-refractivity contribution in [1.29, 1.82) is 0 Å². The minimum Gasteiger partial charge on any atom is -0.365 e. The number of fused-ring (bicyclic) bond motifs is 1. The molecule has 2 aromatic heterocycles. The van der Waals surface area contributed by atoms with Crippen molar-refractivity contribution in [3.05, 3.63) is 60.0 Å². The maximum absolute atomic E-state index is 4.59. The molecule has 3 aromatic rings. The fraction of sp³-hybridized carbons (Fsp3) is 0.458. The molecule has 1 N–H and O–H groups in total. The normalized spacial score (nSPS) is 20.2. The van der Waals surface area contributed by atoms with Crippen molar-refractivity contribution in [2.75, 3.05) is 5.32 Å². The molecular formula is C24H30N4. The molecule has 0 bridgehead atoms. The minimum atomic E-state index is 0.409. The lowest BCUT2D eigenvalue weighted by atomic mass is 9.71. The number of nitrogens with one attached hydrogen (secondary N) is 1. The lowest BCUT2D eigenvalue weighted by Gasteiger charge is -2.37. The van der Waals surface area contributed by atoms with E-state index in [2.05, 4.69) is 65.5 Å². The molecule has 1 aliphatic carbocycles. The predicted octanol–water partition coefficient (Wildman–Crippen LogP) is 5.63. The quantitative estimate of drug-likeness (QED) is 0.643. The van der Waals surface area contributed by atoms with Crippen LogP contribution < -0.4 is 5.32 Å². The molecule has 0 unspecified atom stereocenters. The van der Waals surface area contributed by atoms with Crippen LogP contribution in [0.4, 0.5) is 5.82 Å². The predicted molar refractivity (Wildman–Crippen MR) is 115 cm³/mol. The van der Waals surface area contributed by atoms with Gasteiger partial charge in [-0.05, 0) is 54.7 Å². The van der Waals surface area contributed by atoms with Crippen LogP contribution in [0.3, 0.4) is 0 Å². The number of pyridine rings is 1. The Balaban J connectivity index is 1.54. The fourth-order valence-corrected chi connectivity index (χ4v) is 4.39. The largest absolute Gasteiger partial charge is 0.365 e. The van der Waals surface area contributed by atoms with Crippen molar-refractivity contribution >= 4 is 16.6 Å². The lowest BCUT2D eigenvalue weighted by molar-refractivity contribution is 0.173. The van der Waals surface area contributed by atoms with Crippen LogP contribution in [0, 0.1) is 11.3 Å². The first-order valence-electron chi connectivity index (χ1n) is 10.4. The van der Waals surface area contributed by atoms with Gasteiger partial charge in [0.25, 0.3) is 0 Å². The van der Waals surface area contributed by atoms with Gasteiger partial charge in [-0.1, -0.05) is 45.0 Å². The Labute approximate surface area is 167 Å². The van der Waals surface area contributed by atoms with Crippen LogP contribution in [0.25, 0.3) is 10.8 Å². The molecule has 146 valence electrons. The molecule has 0 spiro atoms. The first-order chi connectivity index (χ1) is 13.5. The van der Waals surface area contributed by atoms with Gasteiger partial charge in [0, 0.05) is 35.6 Å². The molecule has 0 saturated heterocycles. The third-order valence-corrected chi connectivity index (χ3v) is 6.18. The van der Waals surface area contributed by atoms with Crippen molar-refractivity contribution in [3.63, 3.8) is 0 Å². The zero-order valence-electron chi connectivity index (χ0n) is 17.2. The molecule has 28 heavy (non-hydrogen) atoms. The summed E-state index contributed by atoms with van der Waals surface area (Å²) < 4.78 is 0. The molecule has 4 rings (SSSR count). The standard InChI is InChI=1S/C24H30N4/c1-24(2,3)18-8-10-19(11-9-18)26-23-21-7-5-4-6-20(21)22(27-28-23)16-17-12-14-25-15-13-17/h4-7,12-15,18-19H,8-11,16H2,1-3H3,(H,26,28). The summed E-state index contributed by atoms with van der Waals surface area (Å²) in [6, 6.07) is 13.0. The summed E-state index contributed by atoms with van der Waals surface area (Å²) in [6.07, 6.45) is 9.41. The summed E-state index contributed by atoms with van der Waals surface area (Å²) in [4.78, 5) is 4.10. The van der Waals surface area contributed by atoms with Crippen molar-refractivity contribution in [2.45, 2.75) is 58.9 Å². The number of hydrogen-bond acceptors (Lipinski definition) is 4. The van der Waals surface area contributed by atoms with Crippen LogP contribution in [-0.4, -0.2) is 21.2 Å². The van der Waals surface area contributed by atoms with E-state index < -0.39 is 0 Å². The number of benzene rings is 1. The van der Waals surface area contributed by atoms with E-state index in [-0.39, 0.29) is 0 Å². The maximum Gasteiger partial charge on any atom is 0.156 e. The van der Waals surface area contributed by atoms with Crippen LogP contribution in [-0.2, 0) is 6.42 Å². The smallest absolute Gasteiger partial charge is 0.156 e. The average Bonchev–Trinajstić information content (AvgIpc) is 2.70. The Morgan fingerprint density at radius 2 is 1.57 bits per heavy atom. The average molecular weight is 375 g/mol. The highest BCUT2D eigenvalue weighted by molar-refractivity contribution is 5.93. The van der Waals surface area contributed by atoms with Gasteiger partial charge in [-0.3, -0.25) is 4.98 Å². The second-order valence-electron chi connectivity index (χ2n) is 9.13. The maximum atomic E-state index is 4.59. The van der Waals surface area contributed by atoms with E-state index in [0.717, 1.165) is 23.9 Å². The molecule has 1 aromatic carbocycles. The Bertz CT molecular complexity index is 922. The highest BCUT2D eigenvalue weighted by Crippen LogP contribution is 2.38. The Morgan fingerprint density at radius 3 is 2.25 bits per heavy atom. The number of aromatic nitrogens is 3. The van der Waals surface area contributed by atoms with E-state index in [1.54, 1.807) is 0 Å². The van der Waals surface area contributed by atoms with E-state index in [1.165, 1.54) is 42.0 Å². The highest BCUT2D eigenvalue weighted by Gasteiger charge is 2.30. The summed E-state index contributed by atoms with van der Waals surface area (Å²) in [6.45, 7) is 7.10. The zero-order valence-corrected chi connectivity index (χ0v) is 17.2. The number of rotatable bonds is 4. The zero-order chi connectivity index (χ0) is 19.6. The first-order valence-corrected chi connectivity index (χ1v) is 10.4. The lowest BCUT2D eigenvalue weighted by Crippen LogP contribution is -2.32. The minimum absolute atomic E-state index is 0.409. The molecular weight excluding hydrogens is 344 g/mol. The molecule has 0 aliphatic heterocycles. The van der Waals surface area contributed by atoms with Gasteiger partial charge in [-0.25, -0.2) is 0 Å². The molecule has 0 amide bonds. The molecule has 1 aliphatic rings. The van der Waals surface area contributed by atoms with Gasteiger partial charge in [0.1, 0.15) is 0 Å². The SMILES string of the molecule is CC(C)(C)C1CCC(Nc2nnc(Cc3ccncc3)c3ccccc23)CC1. The summed E-state index contributed by atoms with van der Waals surface area (Å²) in [5, 5.41) is 15.2. The molecule has 4 heteroatoms. The van der Waals surface area contributed by atoms with E-state index in [4.69, 9.17) is 0 Å². The van der Waals surface area contributed by atoms with E-state index in [1.807, 2.05) is 24.5 Å². The number of nitrogens with zero attached hydrogens (tertiary/aromatic N) is 3. The summed E-state index contributed by atoms with van der Waals surface area (Å²) >= 11 is 0. The van der Waals surface area contributed by atoms with Crippen LogP contribution in [0.1, 0.15) is 57.7 Å². The van der Waals surface area contributed by atoms with Crippen LogP contribution >= 0.6 is 0 Å². The van der Waals surface area contributed by atoms with Gasteiger partial charge in [0.05, 0.1) is 5.69 Å². The van der Waals surface area contributed by atoms with Crippen molar-refractivity contribution in [3.8, 4) is 0 Å². The van der Waals surface area contributed by atoms with E-state index >= 15 is 0 Å². The highest BCUT2D eigenvalue weighted by atomic mass is 15.2. The van der Waals surface area contributed by atoms with Crippen LogP contribution in [0.2, 0.25) is 0 Å². The third-order valence-electron chi connectivity index (χ3n) is 6.18. The van der Waals surface area contributed by atoms with Gasteiger partial charge < -0.3 is 5.32 Å². The second kappa shape index (κ2) is 7.86. The number of hydrogen-bond donors (Lipinski definition) is 1. The van der Waals surface area contributed by atoms with Crippen molar-refractivity contribution < 1.29 is 0 Å². The third kappa shape index (κ3) is 4.16. The first kappa shape index (κ1) is 18.9. The Kier molecular flexibility index (Phi) is 5.29. The molecule has 0 radical (unpaired) electrons. The molecule has 0 atom stereocenters. The van der Waals surface area contributed by atoms with Gasteiger partial charge in [0.2, 0.25) is 0 Å². The second-order valence-corrected chi connectivity index (χ2v) is 9.13. The van der Waals surface area contributed by atoms with Crippen molar-refractivity contribution in [1.82, 2.24) is 15.2 Å². The topological polar surface area (TPSA) is 50.7 Å².